The van der Waals surface area contributed by atoms with E-state index in [0.29, 0.717) is 36.6 Å². The predicted octanol–water partition coefficient (Wildman–Crippen LogP) is 0.595. The third-order valence-electron chi connectivity index (χ3n) is 5.11. The number of amides is 2. The molecule has 1 aliphatic heterocycles. The minimum Gasteiger partial charge on any atom is -0.483 e. The summed E-state index contributed by atoms with van der Waals surface area (Å²) in [6, 6.07) is 8.09. The van der Waals surface area contributed by atoms with Gasteiger partial charge in [-0.15, -0.1) is 0 Å². The lowest BCUT2D eigenvalue weighted by Crippen LogP contribution is -2.37. The molecule has 0 aliphatic carbocycles. The predicted molar refractivity (Wildman–Crippen MR) is 126 cm³/mol. The van der Waals surface area contributed by atoms with Crippen molar-refractivity contribution in [2.75, 3.05) is 22.8 Å². The number of benzene rings is 1. The van der Waals surface area contributed by atoms with E-state index in [9.17, 15) is 18.0 Å². The van der Waals surface area contributed by atoms with Crippen molar-refractivity contribution in [3.8, 4) is 0 Å². The molecule has 4 N–H and O–H groups in total. The first-order valence-corrected chi connectivity index (χ1v) is 12.3. The van der Waals surface area contributed by atoms with Gasteiger partial charge in [0.25, 0.3) is 12.4 Å². The largest absolute Gasteiger partial charge is 0.483 e. The first-order valence-electron chi connectivity index (χ1n) is 10.4. The number of carbonyl (C=O) groups is 3. The van der Waals surface area contributed by atoms with Crippen LogP contribution in [0, 0.1) is 0 Å². The molecular formula is C21H25N7O6S. The Morgan fingerprint density at radius 2 is 1.86 bits per heavy atom. The second-order valence-corrected chi connectivity index (χ2v) is 9.48. The molecule has 4 rings (SSSR count). The first-order chi connectivity index (χ1) is 16.6. The van der Waals surface area contributed by atoms with Gasteiger partial charge in [0.05, 0.1) is 18.4 Å². The summed E-state index contributed by atoms with van der Waals surface area (Å²) in [4.78, 5) is 35.8. The van der Waals surface area contributed by atoms with Gasteiger partial charge in [0.2, 0.25) is 15.9 Å². The molecule has 3 heterocycles. The van der Waals surface area contributed by atoms with Crippen LogP contribution in [-0.2, 0) is 46.0 Å². The van der Waals surface area contributed by atoms with Crippen molar-refractivity contribution in [1.82, 2.24) is 24.9 Å². The van der Waals surface area contributed by atoms with E-state index in [2.05, 4.69) is 25.3 Å². The van der Waals surface area contributed by atoms with Crippen molar-refractivity contribution >= 4 is 39.7 Å². The van der Waals surface area contributed by atoms with Crippen LogP contribution in [-0.4, -0.2) is 69.5 Å². The monoisotopic (exact) mass is 503 g/mol. The Balaban J connectivity index is 0.00000108. The van der Waals surface area contributed by atoms with Crippen molar-refractivity contribution in [3.05, 3.63) is 59.2 Å². The number of carboxylic acid groups (broad SMARTS) is 1. The Kier molecular flexibility index (Phi) is 7.86. The molecule has 0 saturated carbocycles. The van der Waals surface area contributed by atoms with E-state index >= 15 is 0 Å². The zero-order valence-electron chi connectivity index (χ0n) is 19.1. The molecule has 0 spiro atoms. The van der Waals surface area contributed by atoms with Crippen LogP contribution in [0.15, 0.2) is 36.5 Å². The summed E-state index contributed by atoms with van der Waals surface area (Å²) >= 11 is 0. The minimum absolute atomic E-state index is 0.0518. The van der Waals surface area contributed by atoms with Gasteiger partial charge in [-0.25, -0.2) is 8.42 Å². The van der Waals surface area contributed by atoms with Crippen molar-refractivity contribution in [2.24, 2.45) is 7.05 Å². The normalized spacial score (nSPS) is 12.7. The molecule has 1 aliphatic rings. The van der Waals surface area contributed by atoms with E-state index < -0.39 is 10.0 Å². The molecule has 1 aromatic carbocycles. The van der Waals surface area contributed by atoms with Crippen LogP contribution in [0.2, 0.25) is 0 Å². The van der Waals surface area contributed by atoms with Crippen molar-refractivity contribution in [2.45, 2.75) is 19.4 Å². The molecule has 14 heteroatoms. The zero-order chi connectivity index (χ0) is 25.6. The van der Waals surface area contributed by atoms with Gasteiger partial charge >= 0.3 is 0 Å². The Morgan fingerprint density at radius 3 is 2.46 bits per heavy atom. The molecule has 35 heavy (non-hydrogen) atoms. The number of anilines is 2. The first kappa shape index (κ1) is 25.4. The topological polar surface area (TPSA) is 179 Å². The molecule has 2 amide bonds. The van der Waals surface area contributed by atoms with Gasteiger partial charge in [-0.1, -0.05) is 0 Å². The average Bonchev–Trinajstić information content (AvgIpc) is 3.40. The van der Waals surface area contributed by atoms with Crippen molar-refractivity contribution in [3.63, 3.8) is 0 Å². The molecule has 0 bridgehead atoms. The SMILES string of the molecule is Cn1nc2c(c1C(=O)Nc1ccc(NS(C)(=O)=O)cc1)CN(C(=O)Cc1ccn[nH]1)CC2.O=CO. The Labute approximate surface area is 201 Å². The number of H-pyrrole nitrogens is 1. The number of rotatable bonds is 6. The van der Waals surface area contributed by atoms with Crippen LogP contribution in [0.5, 0.6) is 0 Å². The van der Waals surface area contributed by atoms with E-state index in [4.69, 9.17) is 9.90 Å². The molecule has 0 radical (unpaired) electrons. The van der Waals surface area contributed by atoms with Crippen LogP contribution in [0.3, 0.4) is 0 Å². The smallest absolute Gasteiger partial charge is 0.290 e. The fourth-order valence-corrected chi connectivity index (χ4v) is 4.25. The third kappa shape index (κ3) is 6.66. The van der Waals surface area contributed by atoms with Gasteiger partial charge in [-0.3, -0.25) is 28.9 Å². The molecule has 0 unspecified atom stereocenters. The molecule has 0 fully saturated rings. The number of carbonyl (C=O) groups excluding carboxylic acids is 2. The number of hydrogen-bond acceptors (Lipinski definition) is 7. The molecule has 2 aromatic heterocycles. The number of aromatic amines is 1. The van der Waals surface area contributed by atoms with Crippen LogP contribution >= 0.6 is 0 Å². The van der Waals surface area contributed by atoms with Crippen LogP contribution < -0.4 is 10.0 Å². The lowest BCUT2D eigenvalue weighted by atomic mass is 10.0. The van der Waals surface area contributed by atoms with Crippen LogP contribution in [0.4, 0.5) is 11.4 Å². The van der Waals surface area contributed by atoms with E-state index in [-0.39, 0.29) is 24.7 Å². The molecule has 186 valence electrons. The lowest BCUT2D eigenvalue weighted by molar-refractivity contribution is -0.131. The fourth-order valence-electron chi connectivity index (χ4n) is 3.68. The molecule has 0 atom stereocenters. The molecular weight excluding hydrogens is 478 g/mol. The maximum Gasteiger partial charge on any atom is 0.290 e. The van der Waals surface area contributed by atoms with E-state index in [1.54, 1.807) is 48.5 Å². The van der Waals surface area contributed by atoms with Gasteiger partial charge in [0.15, 0.2) is 0 Å². The van der Waals surface area contributed by atoms with Gasteiger partial charge in [0, 0.05) is 55.4 Å². The van der Waals surface area contributed by atoms with Gasteiger partial charge < -0.3 is 15.3 Å². The van der Waals surface area contributed by atoms with Gasteiger partial charge in [0.1, 0.15) is 5.69 Å². The molecule has 13 nitrogen and oxygen atoms in total. The number of nitrogens with one attached hydrogen (secondary N) is 3. The van der Waals surface area contributed by atoms with Crippen LogP contribution in [0.1, 0.15) is 27.4 Å². The number of hydrogen-bond donors (Lipinski definition) is 4. The average molecular weight is 504 g/mol. The van der Waals surface area contributed by atoms with E-state index in [0.717, 1.165) is 23.2 Å². The van der Waals surface area contributed by atoms with Gasteiger partial charge in [-0.05, 0) is 30.3 Å². The van der Waals surface area contributed by atoms with Gasteiger partial charge in [-0.2, -0.15) is 10.2 Å². The maximum atomic E-state index is 13.0. The Morgan fingerprint density at radius 1 is 1.20 bits per heavy atom. The standard InChI is InChI=1S/C20H23N7O4S.CH2O2/c1-26-19(20(29)22-13-3-5-14(6-4-13)25-32(2,30)31)16-12-27(10-8-17(16)24-26)18(28)11-15-7-9-21-23-15;2-1-3/h3-7,9,25H,8,10-12H2,1-2H3,(H,21,23)(H,22,29);1H,(H,2,3). The second-order valence-electron chi connectivity index (χ2n) is 7.73. The zero-order valence-corrected chi connectivity index (χ0v) is 19.9. The summed E-state index contributed by atoms with van der Waals surface area (Å²) in [6.45, 7) is 0.586. The maximum absolute atomic E-state index is 13.0. The molecule has 0 saturated heterocycles. The summed E-state index contributed by atoms with van der Waals surface area (Å²) in [7, 11) is -1.68. The number of sulfonamides is 1. The number of fused-ring (bicyclic) bond motifs is 1. The lowest BCUT2D eigenvalue weighted by Gasteiger charge is -2.26. The van der Waals surface area contributed by atoms with Crippen LogP contribution in [0.25, 0.3) is 0 Å². The fraction of sp³-hybridized carbons (Fsp3) is 0.286. The summed E-state index contributed by atoms with van der Waals surface area (Å²) in [5.74, 6) is -0.406. The summed E-state index contributed by atoms with van der Waals surface area (Å²) in [6.07, 6.45) is 3.45. The third-order valence-corrected chi connectivity index (χ3v) is 5.72. The second kappa shape index (κ2) is 10.8. The minimum atomic E-state index is -3.38. The molecule has 3 aromatic rings. The number of nitrogens with zero attached hydrogens (tertiary/aromatic N) is 4. The quantitative estimate of drug-likeness (QED) is 0.353. The number of aromatic nitrogens is 4. The Bertz CT molecular complexity index is 1300. The summed E-state index contributed by atoms with van der Waals surface area (Å²) < 4.78 is 26.6. The van der Waals surface area contributed by atoms with Crippen molar-refractivity contribution in [1.29, 1.82) is 0 Å². The highest BCUT2D eigenvalue weighted by Gasteiger charge is 2.29. The highest BCUT2D eigenvalue weighted by atomic mass is 32.2. The highest BCUT2D eigenvalue weighted by molar-refractivity contribution is 7.92. The van der Waals surface area contributed by atoms with Crippen molar-refractivity contribution < 1.29 is 27.9 Å². The van der Waals surface area contributed by atoms with E-state index in [1.165, 1.54) is 4.68 Å². The summed E-state index contributed by atoms with van der Waals surface area (Å²) in [5.41, 5.74) is 3.55. The Hall–Kier alpha value is -4.20. The number of aryl methyl sites for hydroxylation is 1. The summed E-state index contributed by atoms with van der Waals surface area (Å²) in [5, 5.41) is 20.8. The highest BCUT2D eigenvalue weighted by Crippen LogP contribution is 2.24. The van der Waals surface area contributed by atoms with E-state index in [1.807, 2.05) is 0 Å².